The van der Waals surface area contributed by atoms with Crippen LogP contribution in [0.25, 0.3) is 22.7 Å². The molecule has 0 N–H and O–H groups in total. The molecule has 0 radical (unpaired) electrons. The predicted octanol–water partition coefficient (Wildman–Crippen LogP) is 4.57. The van der Waals surface area contributed by atoms with E-state index in [0.29, 0.717) is 6.54 Å². The van der Waals surface area contributed by atoms with Gasteiger partial charge in [-0.25, -0.2) is 4.98 Å². The molecule has 0 amide bonds. The molecule has 0 saturated carbocycles. The zero-order valence-electron chi connectivity index (χ0n) is 15.1. The lowest BCUT2D eigenvalue weighted by Crippen LogP contribution is -2.03. The Morgan fingerprint density at radius 3 is 2.42 bits per heavy atom. The van der Waals surface area contributed by atoms with Crippen molar-refractivity contribution in [2.75, 3.05) is 0 Å². The Hall–Kier alpha value is -3.21. The van der Waals surface area contributed by atoms with Crippen molar-refractivity contribution in [2.24, 2.45) is 0 Å². The van der Waals surface area contributed by atoms with E-state index in [0.717, 1.165) is 45.4 Å². The van der Waals surface area contributed by atoms with Crippen molar-refractivity contribution < 1.29 is 4.42 Å². The molecule has 0 fully saturated rings. The third kappa shape index (κ3) is 3.04. The normalized spacial score (nSPS) is 11.0. The van der Waals surface area contributed by atoms with E-state index < -0.39 is 0 Å². The first-order valence-electron chi connectivity index (χ1n) is 8.57. The number of imidazole rings is 1. The van der Waals surface area contributed by atoms with Crippen molar-refractivity contribution >= 4 is 0 Å². The molecule has 0 aliphatic carbocycles. The third-order valence-corrected chi connectivity index (χ3v) is 4.45. The van der Waals surface area contributed by atoms with Gasteiger partial charge in [0.2, 0.25) is 0 Å². The van der Waals surface area contributed by atoms with E-state index in [4.69, 9.17) is 4.42 Å². The lowest BCUT2D eigenvalue weighted by atomic mass is 10.1. The maximum atomic E-state index is 6.02. The molecule has 0 atom stereocenters. The van der Waals surface area contributed by atoms with Crippen molar-refractivity contribution in [3.8, 4) is 22.7 Å². The molecule has 5 heteroatoms. The first-order chi connectivity index (χ1) is 12.6. The summed E-state index contributed by atoms with van der Waals surface area (Å²) in [6.07, 6.45) is 5.43. The van der Waals surface area contributed by atoms with Gasteiger partial charge in [-0.3, -0.25) is 9.97 Å². The van der Waals surface area contributed by atoms with Crippen LogP contribution < -0.4 is 0 Å². The van der Waals surface area contributed by atoms with E-state index in [-0.39, 0.29) is 0 Å². The van der Waals surface area contributed by atoms with Gasteiger partial charge in [-0.05, 0) is 32.4 Å². The summed E-state index contributed by atoms with van der Waals surface area (Å²) in [5.41, 5.74) is 5.83. The summed E-state index contributed by atoms with van der Waals surface area (Å²) in [5, 5.41) is 0. The summed E-state index contributed by atoms with van der Waals surface area (Å²) in [6.45, 7) is 6.55. The molecule has 0 saturated heterocycles. The molecule has 0 bridgehead atoms. The average molecular weight is 344 g/mol. The number of benzene rings is 1. The number of aryl methyl sites for hydroxylation is 3. The first-order valence-corrected chi connectivity index (χ1v) is 8.57. The van der Waals surface area contributed by atoms with E-state index in [1.807, 2.05) is 38.4 Å². The molecular weight excluding hydrogens is 324 g/mol. The zero-order valence-corrected chi connectivity index (χ0v) is 15.1. The van der Waals surface area contributed by atoms with Gasteiger partial charge >= 0.3 is 0 Å². The molecule has 0 spiro atoms. The highest BCUT2D eigenvalue weighted by molar-refractivity contribution is 5.76. The molecule has 0 aliphatic heterocycles. The molecule has 4 aromatic rings. The van der Waals surface area contributed by atoms with Crippen molar-refractivity contribution in [3.63, 3.8) is 0 Å². The molecule has 3 heterocycles. The SMILES string of the molecule is Cc1cnc(Cn2cnc(-c3ccccc3)c2-c2cc(C)c(C)o2)cn1. The molecule has 5 nitrogen and oxygen atoms in total. The fraction of sp³-hybridized carbons (Fsp3) is 0.190. The molecule has 3 aromatic heterocycles. The minimum Gasteiger partial charge on any atom is -0.459 e. The summed E-state index contributed by atoms with van der Waals surface area (Å²) in [6, 6.07) is 12.2. The second-order valence-corrected chi connectivity index (χ2v) is 6.43. The summed E-state index contributed by atoms with van der Waals surface area (Å²) in [4.78, 5) is 13.5. The summed E-state index contributed by atoms with van der Waals surface area (Å²) in [7, 11) is 0. The van der Waals surface area contributed by atoms with Crippen molar-refractivity contribution in [2.45, 2.75) is 27.3 Å². The van der Waals surface area contributed by atoms with Gasteiger partial charge in [0.1, 0.15) is 11.5 Å². The molecule has 26 heavy (non-hydrogen) atoms. The topological polar surface area (TPSA) is 56.7 Å². The van der Waals surface area contributed by atoms with E-state index in [1.54, 1.807) is 12.4 Å². The highest BCUT2D eigenvalue weighted by Crippen LogP contribution is 2.33. The maximum absolute atomic E-state index is 6.02. The quantitative estimate of drug-likeness (QED) is 0.544. The number of hydrogen-bond acceptors (Lipinski definition) is 4. The Bertz CT molecular complexity index is 1010. The summed E-state index contributed by atoms with van der Waals surface area (Å²) < 4.78 is 8.09. The third-order valence-electron chi connectivity index (χ3n) is 4.45. The van der Waals surface area contributed by atoms with Gasteiger partial charge in [-0.15, -0.1) is 0 Å². The minimum atomic E-state index is 0.585. The van der Waals surface area contributed by atoms with Crippen LogP contribution in [0.15, 0.2) is 59.5 Å². The summed E-state index contributed by atoms with van der Waals surface area (Å²) in [5.74, 6) is 1.73. The fourth-order valence-corrected chi connectivity index (χ4v) is 2.93. The van der Waals surface area contributed by atoms with E-state index in [1.165, 1.54) is 0 Å². The van der Waals surface area contributed by atoms with Gasteiger partial charge in [-0.2, -0.15) is 0 Å². The number of nitrogens with zero attached hydrogens (tertiary/aromatic N) is 4. The second-order valence-electron chi connectivity index (χ2n) is 6.43. The van der Waals surface area contributed by atoms with Crippen LogP contribution in [-0.2, 0) is 6.54 Å². The van der Waals surface area contributed by atoms with Crippen LogP contribution in [0.3, 0.4) is 0 Å². The lowest BCUT2D eigenvalue weighted by molar-refractivity contribution is 0.540. The second kappa shape index (κ2) is 6.59. The maximum Gasteiger partial charge on any atom is 0.153 e. The van der Waals surface area contributed by atoms with Crippen LogP contribution in [0.5, 0.6) is 0 Å². The fourth-order valence-electron chi connectivity index (χ4n) is 2.93. The number of aromatic nitrogens is 4. The van der Waals surface area contributed by atoms with Gasteiger partial charge < -0.3 is 8.98 Å². The smallest absolute Gasteiger partial charge is 0.153 e. The van der Waals surface area contributed by atoms with E-state index in [9.17, 15) is 0 Å². The van der Waals surface area contributed by atoms with Crippen LogP contribution in [0.4, 0.5) is 0 Å². The Labute approximate surface area is 152 Å². The molecule has 130 valence electrons. The largest absolute Gasteiger partial charge is 0.459 e. The van der Waals surface area contributed by atoms with Crippen LogP contribution in [0, 0.1) is 20.8 Å². The summed E-state index contributed by atoms with van der Waals surface area (Å²) >= 11 is 0. The Kier molecular flexibility index (Phi) is 4.13. The Balaban J connectivity index is 1.83. The van der Waals surface area contributed by atoms with Gasteiger partial charge in [0.15, 0.2) is 5.76 Å². The number of rotatable bonds is 4. The standard InChI is InChI=1S/C21H20N4O/c1-14-9-19(26-16(14)3)21-20(17-7-5-4-6-8-17)24-13-25(21)12-18-11-22-15(2)10-23-18/h4-11,13H,12H2,1-3H3. The van der Waals surface area contributed by atoms with E-state index >= 15 is 0 Å². The van der Waals surface area contributed by atoms with Crippen molar-refractivity contribution in [1.82, 2.24) is 19.5 Å². The highest BCUT2D eigenvalue weighted by atomic mass is 16.3. The van der Waals surface area contributed by atoms with Crippen LogP contribution in [0.2, 0.25) is 0 Å². The molecule has 0 aliphatic rings. The Morgan fingerprint density at radius 2 is 1.77 bits per heavy atom. The van der Waals surface area contributed by atoms with Crippen molar-refractivity contribution in [3.05, 3.63) is 77.8 Å². The first kappa shape index (κ1) is 16.3. The van der Waals surface area contributed by atoms with Crippen molar-refractivity contribution in [1.29, 1.82) is 0 Å². The van der Waals surface area contributed by atoms with Gasteiger partial charge in [0.25, 0.3) is 0 Å². The number of furan rings is 1. The Morgan fingerprint density at radius 1 is 0.962 bits per heavy atom. The monoisotopic (exact) mass is 344 g/mol. The number of hydrogen-bond donors (Lipinski definition) is 0. The van der Waals surface area contributed by atoms with Gasteiger partial charge in [0.05, 0.1) is 36.2 Å². The van der Waals surface area contributed by atoms with E-state index in [2.05, 4.69) is 44.6 Å². The minimum absolute atomic E-state index is 0.585. The van der Waals surface area contributed by atoms with Gasteiger partial charge in [-0.1, -0.05) is 30.3 Å². The zero-order chi connectivity index (χ0) is 18.1. The molecule has 1 aromatic carbocycles. The lowest BCUT2D eigenvalue weighted by Gasteiger charge is -2.08. The van der Waals surface area contributed by atoms with Crippen LogP contribution in [0.1, 0.15) is 22.7 Å². The molecule has 4 rings (SSSR count). The molecular formula is C21H20N4O. The highest BCUT2D eigenvalue weighted by Gasteiger charge is 2.19. The van der Waals surface area contributed by atoms with Crippen LogP contribution in [-0.4, -0.2) is 19.5 Å². The molecule has 0 unspecified atom stereocenters. The average Bonchev–Trinajstić information content (AvgIpc) is 3.21. The predicted molar refractivity (Wildman–Crippen MR) is 101 cm³/mol. The van der Waals surface area contributed by atoms with Gasteiger partial charge in [0, 0.05) is 11.8 Å². The van der Waals surface area contributed by atoms with Crippen LogP contribution >= 0.6 is 0 Å².